The minimum absolute atomic E-state index is 0.0285. The lowest BCUT2D eigenvalue weighted by Crippen LogP contribution is -2.21. The van der Waals surface area contributed by atoms with Crippen LogP contribution in [0.15, 0.2) is 73.1 Å². The highest BCUT2D eigenvalue weighted by Crippen LogP contribution is 2.42. The average Bonchev–Trinajstić information content (AvgIpc) is 3.50. The van der Waals surface area contributed by atoms with Crippen molar-refractivity contribution in [3.8, 4) is 11.3 Å². The number of anilines is 1. The van der Waals surface area contributed by atoms with Gasteiger partial charge in [0.05, 0.1) is 11.6 Å². The van der Waals surface area contributed by atoms with E-state index in [4.69, 9.17) is 11.6 Å². The standard InChI is InChI=1S/C29H16ClF5N4O2/c30-21-2-1-17(31)11-19(21)26-25-20(28(41)39-26)7-13(23-9-15-12-36-4-3-22(15)37-23)8-24(25)38-27(40)14-5-16(29(33,34)35)10-18(32)6-14/h1-12,26,37H,(H,38,40)(H,39,41). The van der Waals surface area contributed by atoms with Crippen molar-refractivity contribution in [2.45, 2.75) is 12.2 Å². The lowest BCUT2D eigenvalue weighted by Gasteiger charge is -2.19. The summed E-state index contributed by atoms with van der Waals surface area (Å²) in [6.07, 6.45) is -1.67. The van der Waals surface area contributed by atoms with E-state index < -0.39 is 46.8 Å². The van der Waals surface area contributed by atoms with Crippen molar-refractivity contribution in [3.05, 3.63) is 118 Å². The van der Waals surface area contributed by atoms with Crippen LogP contribution in [0.3, 0.4) is 0 Å². The molecule has 0 saturated heterocycles. The van der Waals surface area contributed by atoms with Gasteiger partial charge in [0.15, 0.2) is 0 Å². The molecular weight excluding hydrogens is 567 g/mol. The molecule has 1 unspecified atom stereocenters. The van der Waals surface area contributed by atoms with E-state index in [1.54, 1.807) is 30.6 Å². The van der Waals surface area contributed by atoms with Gasteiger partial charge in [-0.05, 0) is 60.7 Å². The Balaban J connectivity index is 1.51. The van der Waals surface area contributed by atoms with Crippen LogP contribution >= 0.6 is 11.6 Å². The highest BCUT2D eigenvalue weighted by molar-refractivity contribution is 6.31. The van der Waals surface area contributed by atoms with Crippen LogP contribution in [-0.4, -0.2) is 21.8 Å². The number of aromatic nitrogens is 2. The van der Waals surface area contributed by atoms with Gasteiger partial charge < -0.3 is 15.6 Å². The number of alkyl halides is 3. The maximum absolute atomic E-state index is 14.2. The first-order chi connectivity index (χ1) is 19.5. The maximum Gasteiger partial charge on any atom is 0.416 e. The molecule has 2 amide bonds. The maximum atomic E-state index is 14.2. The Morgan fingerprint density at radius 3 is 2.54 bits per heavy atom. The number of hydrogen-bond donors (Lipinski definition) is 3. The fourth-order valence-electron chi connectivity index (χ4n) is 4.87. The molecule has 41 heavy (non-hydrogen) atoms. The molecule has 0 radical (unpaired) electrons. The molecule has 3 heterocycles. The quantitative estimate of drug-likeness (QED) is 0.195. The smallest absolute Gasteiger partial charge is 0.354 e. The number of nitrogens with one attached hydrogen (secondary N) is 3. The third-order valence-corrected chi connectivity index (χ3v) is 7.07. The van der Waals surface area contributed by atoms with E-state index in [9.17, 15) is 31.5 Å². The molecule has 5 aromatic rings. The summed E-state index contributed by atoms with van der Waals surface area (Å²) in [5.41, 5.74) is 0.377. The van der Waals surface area contributed by atoms with Gasteiger partial charge in [-0.1, -0.05) is 11.6 Å². The molecule has 2 aromatic heterocycles. The summed E-state index contributed by atoms with van der Waals surface area (Å²) in [5, 5.41) is 6.16. The fraction of sp³-hybridized carbons (Fsp3) is 0.0690. The van der Waals surface area contributed by atoms with Crippen molar-refractivity contribution in [3.63, 3.8) is 0 Å². The Hall–Kier alpha value is -4.77. The molecule has 206 valence electrons. The van der Waals surface area contributed by atoms with Crippen molar-refractivity contribution in [2.24, 2.45) is 0 Å². The molecule has 12 heteroatoms. The largest absolute Gasteiger partial charge is 0.416 e. The van der Waals surface area contributed by atoms with Crippen molar-refractivity contribution < 1.29 is 31.5 Å². The van der Waals surface area contributed by atoms with Crippen LogP contribution in [0.1, 0.15) is 43.4 Å². The summed E-state index contributed by atoms with van der Waals surface area (Å²) < 4.78 is 68.2. The second-order valence-corrected chi connectivity index (χ2v) is 9.79. The Kier molecular flexibility index (Phi) is 6.26. The number of fused-ring (bicyclic) bond motifs is 2. The van der Waals surface area contributed by atoms with Crippen molar-refractivity contribution in [1.82, 2.24) is 15.3 Å². The number of aromatic amines is 1. The second kappa shape index (κ2) is 9.70. The molecule has 3 aromatic carbocycles. The van der Waals surface area contributed by atoms with E-state index in [1.165, 1.54) is 12.1 Å². The average molecular weight is 583 g/mol. The van der Waals surface area contributed by atoms with Crippen molar-refractivity contribution in [2.75, 3.05) is 5.32 Å². The summed E-state index contributed by atoms with van der Waals surface area (Å²) in [4.78, 5) is 33.6. The Morgan fingerprint density at radius 1 is 0.976 bits per heavy atom. The lowest BCUT2D eigenvalue weighted by atomic mass is 9.93. The van der Waals surface area contributed by atoms with Gasteiger partial charge in [-0.15, -0.1) is 0 Å². The highest BCUT2D eigenvalue weighted by atomic mass is 35.5. The first-order valence-electron chi connectivity index (χ1n) is 12.0. The van der Waals surface area contributed by atoms with E-state index in [0.717, 1.165) is 23.0 Å². The van der Waals surface area contributed by atoms with Gasteiger partial charge in [0.1, 0.15) is 11.6 Å². The van der Waals surface area contributed by atoms with Gasteiger partial charge in [-0.25, -0.2) is 8.78 Å². The Bertz CT molecular complexity index is 1850. The first-order valence-corrected chi connectivity index (χ1v) is 12.4. The van der Waals surface area contributed by atoms with Gasteiger partial charge in [-0.3, -0.25) is 14.6 Å². The number of rotatable bonds is 4. The normalized spacial score (nSPS) is 14.7. The zero-order valence-electron chi connectivity index (χ0n) is 20.5. The molecule has 6 nitrogen and oxygen atoms in total. The first kappa shape index (κ1) is 26.5. The van der Waals surface area contributed by atoms with Gasteiger partial charge in [-0.2, -0.15) is 13.2 Å². The highest BCUT2D eigenvalue weighted by Gasteiger charge is 2.36. The molecule has 1 aliphatic rings. The molecule has 0 bridgehead atoms. The molecule has 0 spiro atoms. The van der Waals surface area contributed by atoms with E-state index in [1.807, 2.05) is 0 Å². The van der Waals surface area contributed by atoms with Crippen LogP contribution in [0.5, 0.6) is 0 Å². The van der Waals surface area contributed by atoms with Gasteiger partial charge >= 0.3 is 6.18 Å². The molecule has 0 fully saturated rings. The topological polar surface area (TPSA) is 86.9 Å². The number of benzene rings is 3. The summed E-state index contributed by atoms with van der Waals surface area (Å²) in [6.45, 7) is 0. The zero-order chi connectivity index (χ0) is 29.1. The number of nitrogens with zero attached hydrogens (tertiary/aromatic N) is 1. The molecular formula is C29H16ClF5N4O2. The molecule has 3 N–H and O–H groups in total. The van der Waals surface area contributed by atoms with E-state index in [0.29, 0.717) is 23.4 Å². The molecule has 1 aliphatic heterocycles. The summed E-state index contributed by atoms with van der Waals surface area (Å²) >= 11 is 6.33. The zero-order valence-corrected chi connectivity index (χ0v) is 21.3. The van der Waals surface area contributed by atoms with Crippen LogP contribution in [0.2, 0.25) is 5.02 Å². The minimum atomic E-state index is -4.89. The van der Waals surface area contributed by atoms with Crippen molar-refractivity contribution in [1.29, 1.82) is 0 Å². The molecule has 1 atom stereocenters. The number of carbonyl (C=O) groups is 2. The number of carbonyl (C=O) groups excluding carboxylic acids is 2. The van der Waals surface area contributed by atoms with Crippen molar-refractivity contribution >= 4 is 40.0 Å². The summed E-state index contributed by atoms with van der Waals surface area (Å²) in [7, 11) is 0. The SMILES string of the molecule is O=C(Nc1cc(-c2cc3cnccc3[nH]2)cc2c1C(c1cc(F)ccc1Cl)NC2=O)c1cc(F)cc(C(F)(F)F)c1. The second-order valence-electron chi connectivity index (χ2n) is 9.38. The monoisotopic (exact) mass is 582 g/mol. The van der Waals surface area contributed by atoms with Crippen LogP contribution < -0.4 is 10.6 Å². The van der Waals surface area contributed by atoms with E-state index >= 15 is 0 Å². The van der Waals surface area contributed by atoms with Crippen LogP contribution in [0, 0.1) is 11.6 Å². The van der Waals surface area contributed by atoms with Crippen LogP contribution in [0.25, 0.3) is 22.2 Å². The van der Waals surface area contributed by atoms with Crippen LogP contribution in [-0.2, 0) is 6.18 Å². The Morgan fingerprint density at radius 2 is 1.78 bits per heavy atom. The predicted molar refractivity (Wildman–Crippen MR) is 142 cm³/mol. The Labute approximate surface area is 233 Å². The third-order valence-electron chi connectivity index (χ3n) is 6.73. The molecule has 0 aliphatic carbocycles. The number of amides is 2. The number of H-pyrrole nitrogens is 1. The fourth-order valence-corrected chi connectivity index (χ4v) is 5.09. The minimum Gasteiger partial charge on any atom is -0.354 e. The predicted octanol–water partition coefficient (Wildman–Crippen LogP) is 7.27. The van der Waals surface area contributed by atoms with Gasteiger partial charge in [0, 0.05) is 67.5 Å². The van der Waals surface area contributed by atoms with E-state index in [-0.39, 0.29) is 33.5 Å². The number of hydrogen-bond acceptors (Lipinski definition) is 3. The van der Waals surface area contributed by atoms with Crippen LogP contribution in [0.4, 0.5) is 27.6 Å². The third kappa shape index (κ3) is 4.89. The summed E-state index contributed by atoms with van der Waals surface area (Å²) in [5.74, 6) is -3.48. The number of halogens is 6. The van der Waals surface area contributed by atoms with Gasteiger partial charge in [0.25, 0.3) is 11.8 Å². The van der Waals surface area contributed by atoms with E-state index in [2.05, 4.69) is 20.6 Å². The summed E-state index contributed by atoms with van der Waals surface area (Å²) in [6, 6.07) is 10.7. The molecule has 0 saturated carbocycles. The number of pyridine rings is 1. The molecule has 6 rings (SSSR count). The lowest BCUT2D eigenvalue weighted by molar-refractivity contribution is -0.137. The van der Waals surface area contributed by atoms with Gasteiger partial charge in [0.2, 0.25) is 0 Å².